The van der Waals surface area contributed by atoms with Gasteiger partial charge in [-0.15, -0.1) is 0 Å². The lowest BCUT2D eigenvalue weighted by Gasteiger charge is -2.32. The molecule has 2 amide bonds. The Labute approximate surface area is 335 Å². The zero-order valence-corrected chi connectivity index (χ0v) is 35.0. The lowest BCUT2D eigenvalue weighted by Crippen LogP contribution is -2.48. The highest BCUT2D eigenvalue weighted by Gasteiger charge is 2.63. The second-order valence-electron chi connectivity index (χ2n) is 18.2. The number of sulfonamides is 1. The fourth-order valence-corrected chi connectivity index (χ4v) is 9.94. The van der Waals surface area contributed by atoms with Gasteiger partial charge in [-0.3, -0.25) is 23.9 Å². The quantitative estimate of drug-likeness (QED) is 0.204. The summed E-state index contributed by atoms with van der Waals surface area (Å²) in [5, 5.41) is 1.54. The highest BCUT2D eigenvalue weighted by Crippen LogP contribution is 2.58. The number of carbonyl (C=O) groups excluding carboxylic acids is 4. The number of esters is 1. The molecule has 7 atom stereocenters. The van der Waals surface area contributed by atoms with Crippen LogP contribution in [0, 0.1) is 29.1 Å². The first-order valence-electron chi connectivity index (χ1n) is 20.3. The van der Waals surface area contributed by atoms with E-state index in [4.69, 9.17) is 14.2 Å². The molecule has 6 rings (SSSR count). The summed E-state index contributed by atoms with van der Waals surface area (Å²) in [6.07, 6.45) is 5.07. The number of nitrogens with zero attached hydrogens (tertiary/aromatic N) is 2. The molecule has 2 aliphatic carbocycles. The number of aromatic nitrogens is 1. The van der Waals surface area contributed by atoms with Crippen molar-refractivity contribution < 1.29 is 46.2 Å². The van der Waals surface area contributed by atoms with E-state index in [-0.39, 0.29) is 74.8 Å². The van der Waals surface area contributed by atoms with E-state index >= 15 is 0 Å². The van der Waals surface area contributed by atoms with E-state index in [9.17, 15) is 32.0 Å². The zero-order valence-electron chi connectivity index (χ0n) is 34.2. The van der Waals surface area contributed by atoms with E-state index in [0.717, 1.165) is 11.8 Å². The van der Waals surface area contributed by atoms with Crippen LogP contribution in [0.15, 0.2) is 42.5 Å². The second kappa shape index (κ2) is 16.3. The van der Waals surface area contributed by atoms with Crippen LogP contribution < -0.4 is 14.2 Å². The van der Waals surface area contributed by atoms with Crippen LogP contribution in [0.2, 0.25) is 0 Å². The average molecular weight is 812 g/mol. The van der Waals surface area contributed by atoms with Crippen LogP contribution in [0.3, 0.4) is 0 Å². The molecule has 2 aliphatic heterocycles. The Morgan fingerprint density at radius 2 is 1.82 bits per heavy atom. The Balaban J connectivity index is 1.36. The smallest absolute Gasteiger partial charge is 0.307 e. The van der Waals surface area contributed by atoms with Gasteiger partial charge in [0.15, 0.2) is 5.78 Å². The summed E-state index contributed by atoms with van der Waals surface area (Å²) < 4.78 is 59.1. The van der Waals surface area contributed by atoms with Crippen LogP contribution in [0.5, 0.6) is 11.8 Å². The fourth-order valence-electron chi connectivity index (χ4n) is 8.49. The summed E-state index contributed by atoms with van der Waals surface area (Å²) >= 11 is 0. The Kier molecular flexibility index (Phi) is 12.2. The molecule has 4 aliphatic rings. The Hall–Kier alpha value is -4.07. The molecule has 2 aromatic rings. The average Bonchev–Trinajstić information content (AvgIpc) is 4.02. The molecule has 14 heteroatoms. The highest BCUT2D eigenvalue weighted by molar-refractivity contribution is 7.91. The van der Waals surface area contributed by atoms with Gasteiger partial charge in [0.25, 0.3) is 0 Å². The largest absolute Gasteiger partial charge is 0.475 e. The van der Waals surface area contributed by atoms with E-state index in [1.165, 1.54) is 4.90 Å². The molecule has 1 N–H and O–H groups in total. The van der Waals surface area contributed by atoms with Gasteiger partial charge in [-0.1, -0.05) is 44.2 Å². The minimum Gasteiger partial charge on any atom is -0.475 e. The minimum atomic E-state index is -4.34. The molecule has 3 fully saturated rings. The van der Waals surface area contributed by atoms with Crippen molar-refractivity contribution in [2.75, 3.05) is 13.2 Å². The van der Waals surface area contributed by atoms with Crippen LogP contribution in [0.1, 0.15) is 106 Å². The van der Waals surface area contributed by atoms with Crippen LogP contribution in [0.4, 0.5) is 4.39 Å². The molecule has 1 saturated heterocycles. The molecule has 1 aromatic carbocycles. The van der Waals surface area contributed by atoms with Gasteiger partial charge in [0.05, 0.1) is 36.4 Å². The molecular weight excluding hydrogens is 754 g/mol. The number of ether oxygens (including phenoxy) is 3. The van der Waals surface area contributed by atoms with Crippen LogP contribution in [-0.4, -0.2) is 83.7 Å². The van der Waals surface area contributed by atoms with Gasteiger partial charge in [-0.05, 0) is 102 Å². The maximum atomic E-state index is 14.9. The van der Waals surface area contributed by atoms with Crippen LogP contribution >= 0.6 is 0 Å². The third kappa shape index (κ3) is 9.47. The minimum absolute atomic E-state index is 0.00350. The predicted molar refractivity (Wildman–Crippen MR) is 212 cm³/mol. The van der Waals surface area contributed by atoms with Gasteiger partial charge in [-0.2, -0.15) is 4.98 Å². The summed E-state index contributed by atoms with van der Waals surface area (Å²) in [5.41, 5.74) is -2.17. The maximum Gasteiger partial charge on any atom is 0.307 e. The molecular formula is C43H58FN3O9S. The first-order valence-corrected chi connectivity index (χ1v) is 21.8. The first kappa shape index (κ1) is 42.5. The van der Waals surface area contributed by atoms with Crippen LogP contribution in [0.25, 0.3) is 10.8 Å². The summed E-state index contributed by atoms with van der Waals surface area (Å²) in [4.78, 5) is 63.2. The number of hydrogen-bond donors (Lipinski definition) is 1. The van der Waals surface area contributed by atoms with Crippen molar-refractivity contribution in [3.8, 4) is 11.8 Å². The number of allylic oxidation sites excluding steroid dienone is 2. The van der Waals surface area contributed by atoms with Gasteiger partial charge < -0.3 is 19.1 Å². The molecule has 57 heavy (non-hydrogen) atoms. The van der Waals surface area contributed by atoms with Crippen molar-refractivity contribution in [3.05, 3.63) is 42.5 Å². The van der Waals surface area contributed by atoms with Crippen molar-refractivity contribution in [3.63, 3.8) is 0 Å². The van der Waals surface area contributed by atoms with Gasteiger partial charge >= 0.3 is 5.97 Å². The monoisotopic (exact) mass is 811 g/mol. The molecule has 0 spiro atoms. The number of carbonyl (C=O) groups is 4. The number of Topliss-reactive ketones (excluding diaryl/α,β-unsaturated/α-hetero) is 1. The van der Waals surface area contributed by atoms with E-state index in [0.29, 0.717) is 24.1 Å². The van der Waals surface area contributed by atoms with Crippen molar-refractivity contribution in [2.45, 2.75) is 135 Å². The molecule has 1 aromatic heterocycles. The van der Waals surface area contributed by atoms with E-state index < -0.39 is 74.1 Å². The number of amides is 2. The molecule has 0 bridgehead atoms. The lowest BCUT2D eigenvalue weighted by molar-refractivity contribution is -0.160. The number of pyridine rings is 1. The van der Waals surface area contributed by atoms with Crippen molar-refractivity contribution in [1.29, 1.82) is 0 Å². The summed E-state index contributed by atoms with van der Waals surface area (Å²) in [6.45, 7) is 12.0. The normalized spacial score (nSPS) is 29.7. The maximum absolute atomic E-state index is 14.9. The zero-order chi connectivity index (χ0) is 41.5. The van der Waals surface area contributed by atoms with Crippen molar-refractivity contribution >= 4 is 44.4 Å². The molecule has 12 nitrogen and oxygen atoms in total. The number of hydrogen-bond acceptors (Lipinski definition) is 10. The Morgan fingerprint density at radius 3 is 2.49 bits per heavy atom. The fraction of sp³-hybridized carbons (Fsp3) is 0.651. The third-order valence-electron chi connectivity index (χ3n) is 11.9. The second-order valence-corrected chi connectivity index (χ2v) is 20.3. The topological polar surface area (TPSA) is 158 Å². The molecule has 0 radical (unpaired) electrons. The molecule has 3 heterocycles. The van der Waals surface area contributed by atoms with Gasteiger partial charge in [0, 0.05) is 24.3 Å². The van der Waals surface area contributed by atoms with Crippen molar-refractivity contribution in [2.24, 2.45) is 29.1 Å². The third-order valence-corrected chi connectivity index (χ3v) is 14.0. The number of halogens is 1. The Bertz CT molecular complexity index is 2010. The Morgan fingerprint density at radius 1 is 1.11 bits per heavy atom. The number of nitrogens with one attached hydrogen (secondary N) is 1. The first-order chi connectivity index (χ1) is 26.8. The highest BCUT2D eigenvalue weighted by atomic mass is 32.2. The van der Waals surface area contributed by atoms with E-state index in [1.807, 2.05) is 63.3 Å². The lowest BCUT2D eigenvalue weighted by atomic mass is 9.82. The van der Waals surface area contributed by atoms with Gasteiger partial charge in [0.2, 0.25) is 33.6 Å². The number of fused-ring (bicyclic) bond motifs is 3. The number of alkyl halides is 1. The van der Waals surface area contributed by atoms with Gasteiger partial charge in [-0.25, -0.2) is 12.8 Å². The predicted octanol–water partition coefficient (Wildman–Crippen LogP) is 6.64. The van der Waals surface area contributed by atoms with E-state index in [2.05, 4.69) is 16.6 Å². The number of rotatable bonds is 10. The van der Waals surface area contributed by atoms with E-state index in [1.54, 1.807) is 20.8 Å². The van der Waals surface area contributed by atoms with Gasteiger partial charge in [0.1, 0.15) is 23.1 Å². The molecule has 2 saturated carbocycles. The standard InChI is InChI=1S/C43H58FN3O9S/c1-26(2)54-36-19-29-13-9-11-15-32(29)38(45-36)55-31-20-34-35(48)23-43(40(51)46-57(52,53)42(25-44)16-17-42)22-30(43)14-10-8-12-27(3)18-28(4)33(39(50)47(34)24-31)21-37(49)56-41(5,6)7/h9-11,13-15,19,26-28,30-31,33-34H,8,12,16-18,20-25H2,1-7H3,(H,46,51)/b14-10-/t27-,28-,30-,31-,33+,34+,43-/m1/s1. The number of ketones is 1. The summed E-state index contributed by atoms with van der Waals surface area (Å²) in [5.74, 6) is -2.85. The SMILES string of the molecule is CC(C)Oc1cc2ccccc2c(O[C@@H]2C[C@H]3C(=O)C[C@]4(C(=O)NS(=O)(=O)C5(CF)CC5)C[C@H]4/C=C\CC[C@@H](C)C[C@@H](C)[C@H](CC(=O)OC(C)(C)C)C(=O)N3C2)n1. The molecule has 312 valence electrons. The summed E-state index contributed by atoms with van der Waals surface area (Å²) in [7, 11) is -4.34. The number of benzene rings is 1. The van der Waals surface area contributed by atoms with Crippen molar-refractivity contribution in [1.82, 2.24) is 14.6 Å². The van der Waals surface area contributed by atoms with Crippen LogP contribution in [-0.2, 0) is 33.9 Å². The summed E-state index contributed by atoms with van der Waals surface area (Å²) in [6, 6.07) is 8.30. The molecule has 0 unspecified atom stereocenters.